The summed E-state index contributed by atoms with van der Waals surface area (Å²) in [6.07, 6.45) is 4.07. The van der Waals surface area contributed by atoms with Gasteiger partial charge in [-0.15, -0.1) is 12.4 Å². The molecule has 0 spiro atoms. The molecule has 1 saturated heterocycles. The lowest BCUT2D eigenvalue weighted by Crippen LogP contribution is -2.35. The molecule has 5 heteroatoms. The van der Waals surface area contributed by atoms with Gasteiger partial charge in [0.1, 0.15) is 0 Å². The molecule has 2 aliphatic rings. The quantitative estimate of drug-likeness (QED) is 0.856. The molecular formula is C17H24BrClN2O. The first-order valence-corrected chi connectivity index (χ1v) is 8.74. The highest BCUT2D eigenvalue weighted by atomic mass is 79.9. The Hall–Kier alpha value is -0.580. The van der Waals surface area contributed by atoms with E-state index in [0.717, 1.165) is 36.2 Å². The maximum absolute atomic E-state index is 12.6. The lowest BCUT2D eigenvalue weighted by molar-refractivity contribution is -0.119. The highest BCUT2D eigenvalue weighted by Crippen LogP contribution is 2.32. The molecule has 3 rings (SSSR count). The zero-order chi connectivity index (χ0) is 14.8. The number of piperidine rings is 1. The van der Waals surface area contributed by atoms with Crippen LogP contribution in [0.1, 0.15) is 31.7 Å². The smallest absolute Gasteiger partial charge is 0.227 e. The van der Waals surface area contributed by atoms with Crippen LogP contribution < -0.4 is 10.2 Å². The maximum Gasteiger partial charge on any atom is 0.227 e. The van der Waals surface area contributed by atoms with E-state index in [4.69, 9.17) is 0 Å². The number of anilines is 1. The molecule has 22 heavy (non-hydrogen) atoms. The van der Waals surface area contributed by atoms with Crippen molar-refractivity contribution < 1.29 is 4.79 Å². The number of fused-ring (bicyclic) bond motifs is 1. The first-order valence-electron chi connectivity index (χ1n) is 7.94. The molecule has 1 fully saturated rings. The topological polar surface area (TPSA) is 32.3 Å². The summed E-state index contributed by atoms with van der Waals surface area (Å²) in [4.78, 5) is 14.6. The number of amides is 1. The van der Waals surface area contributed by atoms with Gasteiger partial charge in [0.15, 0.2) is 0 Å². The van der Waals surface area contributed by atoms with Crippen molar-refractivity contribution in [2.45, 2.75) is 32.6 Å². The van der Waals surface area contributed by atoms with Crippen molar-refractivity contribution in [2.24, 2.45) is 11.8 Å². The van der Waals surface area contributed by atoms with Crippen molar-refractivity contribution in [1.82, 2.24) is 5.32 Å². The minimum Gasteiger partial charge on any atom is -0.317 e. The van der Waals surface area contributed by atoms with Crippen molar-refractivity contribution in [3.05, 3.63) is 28.2 Å². The first-order chi connectivity index (χ1) is 10.1. The summed E-state index contributed by atoms with van der Waals surface area (Å²) in [6.45, 7) is 5.28. The van der Waals surface area contributed by atoms with E-state index in [9.17, 15) is 4.79 Å². The maximum atomic E-state index is 12.6. The van der Waals surface area contributed by atoms with Crippen molar-refractivity contribution in [1.29, 1.82) is 0 Å². The Kier molecular flexibility index (Phi) is 6.30. The van der Waals surface area contributed by atoms with Gasteiger partial charge in [0, 0.05) is 23.1 Å². The minimum absolute atomic E-state index is 0. The van der Waals surface area contributed by atoms with Crippen LogP contribution in [0.3, 0.4) is 0 Å². The number of hydrogen-bond acceptors (Lipinski definition) is 2. The summed E-state index contributed by atoms with van der Waals surface area (Å²) in [5.74, 6) is 1.48. The molecule has 2 aliphatic heterocycles. The van der Waals surface area contributed by atoms with E-state index >= 15 is 0 Å². The fourth-order valence-electron chi connectivity index (χ4n) is 3.59. The third-order valence-electron chi connectivity index (χ3n) is 4.92. The molecule has 1 amide bonds. The van der Waals surface area contributed by atoms with E-state index in [1.165, 1.54) is 18.4 Å². The van der Waals surface area contributed by atoms with Gasteiger partial charge in [-0.2, -0.15) is 0 Å². The Morgan fingerprint density at radius 2 is 2.14 bits per heavy atom. The Bertz CT molecular complexity index is 531. The minimum atomic E-state index is 0. The molecule has 1 aromatic rings. The van der Waals surface area contributed by atoms with E-state index in [0.29, 0.717) is 24.2 Å². The highest BCUT2D eigenvalue weighted by molar-refractivity contribution is 9.10. The normalized spacial score (nSPS) is 19.5. The van der Waals surface area contributed by atoms with Crippen molar-refractivity contribution >= 4 is 39.9 Å². The Labute approximate surface area is 147 Å². The monoisotopic (exact) mass is 386 g/mol. The average Bonchev–Trinajstić information content (AvgIpc) is 2.91. The SMILES string of the molecule is CC(CC(=O)N1CCc2cc(Br)ccc21)C1CCNCC1.Cl. The van der Waals surface area contributed by atoms with Crippen LogP contribution in [-0.4, -0.2) is 25.5 Å². The third-order valence-corrected chi connectivity index (χ3v) is 5.42. The van der Waals surface area contributed by atoms with Gasteiger partial charge in [-0.25, -0.2) is 0 Å². The number of carbonyl (C=O) groups is 1. The molecule has 1 atom stereocenters. The Morgan fingerprint density at radius 3 is 2.86 bits per heavy atom. The van der Waals surface area contributed by atoms with Crippen LogP contribution >= 0.6 is 28.3 Å². The van der Waals surface area contributed by atoms with Crippen LogP contribution in [0, 0.1) is 11.8 Å². The van der Waals surface area contributed by atoms with Gasteiger partial charge in [0.05, 0.1) is 0 Å². The largest absolute Gasteiger partial charge is 0.317 e. The van der Waals surface area contributed by atoms with Crippen molar-refractivity contribution in [2.75, 3.05) is 24.5 Å². The molecule has 2 heterocycles. The van der Waals surface area contributed by atoms with Gasteiger partial charge in [0.2, 0.25) is 5.91 Å². The van der Waals surface area contributed by atoms with E-state index in [1.807, 2.05) is 11.0 Å². The number of benzene rings is 1. The predicted molar refractivity (Wildman–Crippen MR) is 96.8 cm³/mol. The number of carbonyl (C=O) groups excluding carboxylic acids is 1. The van der Waals surface area contributed by atoms with Crippen LogP contribution in [-0.2, 0) is 11.2 Å². The summed E-state index contributed by atoms with van der Waals surface area (Å²) in [5, 5.41) is 3.40. The molecule has 122 valence electrons. The zero-order valence-corrected chi connectivity index (χ0v) is 15.4. The standard InChI is InChI=1S/C17H23BrN2O.ClH/c1-12(13-4-7-19-8-5-13)10-17(21)20-9-6-14-11-15(18)2-3-16(14)20;/h2-3,11-13,19H,4-10H2,1H3;1H. The lowest BCUT2D eigenvalue weighted by atomic mass is 9.84. The molecule has 0 aliphatic carbocycles. The molecule has 0 aromatic heterocycles. The van der Waals surface area contributed by atoms with Gasteiger partial charge in [-0.05, 0) is 68.0 Å². The number of nitrogens with one attached hydrogen (secondary N) is 1. The summed E-state index contributed by atoms with van der Waals surface area (Å²) in [7, 11) is 0. The van der Waals surface area contributed by atoms with Gasteiger partial charge >= 0.3 is 0 Å². The van der Waals surface area contributed by atoms with E-state index in [-0.39, 0.29) is 12.4 Å². The van der Waals surface area contributed by atoms with Crippen LogP contribution in [0.15, 0.2) is 22.7 Å². The third kappa shape index (κ3) is 3.84. The van der Waals surface area contributed by atoms with Crippen LogP contribution in [0.4, 0.5) is 5.69 Å². The molecule has 1 unspecified atom stereocenters. The Balaban J connectivity index is 0.00000176. The predicted octanol–water partition coefficient (Wildman–Crippen LogP) is 3.79. The number of nitrogens with zero attached hydrogens (tertiary/aromatic N) is 1. The lowest BCUT2D eigenvalue weighted by Gasteiger charge is -2.29. The summed E-state index contributed by atoms with van der Waals surface area (Å²) in [6, 6.07) is 6.24. The summed E-state index contributed by atoms with van der Waals surface area (Å²) in [5.41, 5.74) is 2.40. The number of halogens is 2. The van der Waals surface area contributed by atoms with Gasteiger partial charge in [-0.1, -0.05) is 22.9 Å². The molecule has 1 aromatic carbocycles. The van der Waals surface area contributed by atoms with Crippen molar-refractivity contribution in [3.8, 4) is 0 Å². The Morgan fingerprint density at radius 1 is 1.41 bits per heavy atom. The molecule has 1 N–H and O–H groups in total. The van der Waals surface area contributed by atoms with Gasteiger partial charge in [-0.3, -0.25) is 4.79 Å². The van der Waals surface area contributed by atoms with E-state index in [2.05, 4.69) is 40.3 Å². The molecular weight excluding hydrogens is 364 g/mol. The summed E-state index contributed by atoms with van der Waals surface area (Å²) < 4.78 is 1.10. The fourth-order valence-corrected chi connectivity index (χ4v) is 4.00. The van der Waals surface area contributed by atoms with Crippen LogP contribution in [0.5, 0.6) is 0 Å². The summed E-state index contributed by atoms with van der Waals surface area (Å²) >= 11 is 3.50. The molecule has 3 nitrogen and oxygen atoms in total. The van der Waals surface area contributed by atoms with Crippen LogP contribution in [0.25, 0.3) is 0 Å². The number of rotatable bonds is 3. The zero-order valence-electron chi connectivity index (χ0n) is 13.0. The first kappa shape index (κ1) is 17.8. The second-order valence-corrected chi connectivity index (χ2v) is 7.25. The molecule has 0 saturated carbocycles. The van der Waals surface area contributed by atoms with Gasteiger partial charge < -0.3 is 10.2 Å². The second-order valence-electron chi connectivity index (χ2n) is 6.34. The van der Waals surface area contributed by atoms with E-state index < -0.39 is 0 Å². The molecule has 0 radical (unpaired) electrons. The van der Waals surface area contributed by atoms with Crippen molar-refractivity contribution in [3.63, 3.8) is 0 Å². The van der Waals surface area contributed by atoms with Gasteiger partial charge in [0.25, 0.3) is 0 Å². The highest BCUT2D eigenvalue weighted by Gasteiger charge is 2.28. The molecule has 0 bridgehead atoms. The van der Waals surface area contributed by atoms with Crippen LogP contribution in [0.2, 0.25) is 0 Å². The van der Waals surface area contributed by atoms with E-state index in [1.54, 1.807) is 0 Å². The number of hydrogen-bond donors (Lipinski definition) is 1. The average molecular weight is 388 g/mol. The fraction of sp³-hybridized carbons (Fsp3) is 0.588. The second kappa shape index (κ2) is 7.80.